The van der Waals surface area contributed by atoms with Gasteiger partial charge in [0.25, 0.3) is 0 Å². The molecule has 2 aromatic carbocycles. The fraction of sp³-hybridized carbons (Fsp3) is 0.296. The summed E-state index contributed by atoms with van der Waals surface area (Å²) >= 11 is 0. The largest absolute Gasteiger partial charge is 0.497 e. The highest BCUT2D eigenvalue weighted by Crippen LogP contribution is 2.25. The lowest BCUT2D eigenvalue weighted by Gasteiger charge is -2.27. The van der Waals surface area contributed by atoms with Crippen LogP contribution in [0.15, 0.2) is 67.1 Å². The summed E-state index contributed by atoms with van der Waals surface area (Å²) in [5.74, 6) is 2.29. The lowest BCUT2D eigenvalue weighted by atomic mass is 10.1. The van der Waals surface area contributed by atoms with Crippen molar-refractivity contribution in [3.05, 3.63) is 78.4 Å². The highest BCUT2D eigenvalue weighted by Gasteiger charge is 2.19. The summed E-state index contributed by atoms with van der Waals surface area (Å²) in [6, 6.07) is 18.0. The lowest BCUT2D eigenvalue weighted by Crippen LogP contribution is -2.31. The summed E-state index contributed by atoms with van der Waals surface area (Å²) in [4.78, 5) is 16.8. The first-order chi connectivity index (χ1) is 18.3. The van der Waals surface area contributed by atoms with E-state index < -0.39 is 0 Å². The maximum Gasteiger partial charge on any atom is 0.229 e. The molecule has 0 unspecified atom stereocenters. The number of methoxy groups -OCH3 is 1. The van der Waals surface area contributed by atoms with Crippen LogP contribution >= 0.6 is 0 Å². The number of fused-ring (bicyclic) bond motifs is 1. The van der Waals surface area contributed by atoms with Gasteiger partial charge in [0.2, 0.25) is 5.95 Å². The summed E-state index contributed by atoms with van der Waals surface area (Å²) < 4.78 is 9.02. The van der Waals surface area contributed by atoms with Crippen molar-refractivity contribution in [3.8, 4) is 11.4 Å². The van der Waals surface area contributed by atoms with E-state index in [0.29, 0.717) is 13.1 Å². The molecule has 1 aliphatic rings. The molecule has 37 heavy (non-hydrogen) atoms. The number of rotatable bonds is 8. The first-order valence-electron chi connectivity index (χ1n) is 12.6. The van der Waals surface area contributed by atoms with E-state index in [0.717, 1.165) is 66.0 Å². The summed E-state index contributed by atoms with van der Waals surface area (Å²) in [7, 11) is 1.65. The number of anilines is 2. The van der Waals surface area contributed by atoms with Crippen LogP contribution in [-0.4, -0.2) is 54.7 Å². The summed E-state index contributed by atoms with van der Waals surface area (Å²) in [6.07, 6.45) is 7.29. The molecule has 1 fully saturated rings. The molecule has 0 spiro atoms. The van der Waals surface area contributed by atoms with Gasteiger partial charge in [0.15, 0.2) is 17.0 Å². The number of nitrogens with zero attached hydrogens (tertiary/aromatic N) is 8. The third-order valence-corrected chi connectivity index (χ3v) is 6.60. The van der Waals surface area contributed by atoms with E-state index in [2.05, 4.69) is 37.6 Å². The Kier molecular flexibility index (Phi) is 6.36. The molecule has 0 saturated carbocycles. The topological polar surface area (TPSA) is 98.8 Å². The average Bonchev–Trinajstić information content (AvgIpc) is 3.60. The maximum atomic E-state index is 5.25. The number of hydrogen-bond acceptors (Lipinski definition) is 8. The lowest BCUT2D eigenvalue weighted by molar-refractivity contribution is 0.414. The van der Waals surface area contributed by atoms with Crippen molar-refractivity contribution in [1.29, 1.82) is 0 Å². The van der Waals surface area contributed by atoms with Crippen LogP contribution in [0.5, 0.6) is 5.75 Å². The van der Waals surface area contributed by atoms with Gasteiger partial charge in [-0.1, -0.05) is 35.5 Å². The van der Waals surface area contributed by atoms with Crippen LogP contribution in [0.1, 0.15) is 30.5 Å². The van der Waals surface area contributed by atoms with Crippen LogP contribution in [0.3, 0.4) is 0 Å². The minimum absolute atomic E-state index is 0.501. The van der Waals surface area contributed by atoms with Crippen molar-refractivity contribution in [3.63, 3.8) is 0 Å². The van der Waals surface area contributed by atoms with Gasteiger partial charge in [-0.15, -0.1) is 5.10 Å². The van der Waals surface area contributed by atoms with Crippen LogP contribution < -0.4 is 15.0 Å². The molecule has 3 aromatic heterocycles. The molecule has 188 valence electrons. The van der Waals surface area contributed by atoms with Crippen LogP contribution in [0, 0.1) is 0 Å². The van der Waals surface area contributed by atoms with Crippen molar-refractivity contribution in [1.82, 2.24) is 34.5 Å². The van der Waals surface area contributed by atoms with Gasteiger partial charge in [-0.25, -0.2) is 9.67 Å². The number of aromatic nitrogens is 7. The van der Waals surface area contributed by atoms with E-state index in [1.54, 1.807) is 18.1 Å². The number of piperidine rings is 1. The Morgan fingerprint density at radius 1 is 0.946 bits per heavy atom. The molecule has 5 aromatic rings. The van der Waals surface area contributed by atoms with Gasteiger partial charge in [-0.05, 0) is 49.1 Å². The van der Waals surface area contributed by atoms with E-state index >= 15 is 0 Å². The first kappa shape index (κ1) is 23.0. The molecule has 0 atom stereocenters. The van der Waals surface area contributed by atoms with Crippen LogP contribution in [0.2, 0.25) is 0 Å². The Morgan fingerprint density at radius 2 is 1.76 bits per heavy atom. The van der Waals surface area contributed by atoms with E-state index in [1.165, 1.54) is 12.0 Å². The zero-order valence-corrected chi connectivity index (χ0v) is 20.8. The van der Waals surface area contributed by atoms with Gasteiger partial charge < -0.3 is 19.5 Å². The smallest absolute Gasteiger partial charge is 0.229 e. The molecule has 1 saturated heterocycles. The fourth-order valence-corrected chi connectivity index (χ4v) is 4.60. The van der Waals surface area contributed by atoms with E-state index in [1.807, 2.05) is 53.2 Å². The highest BCUT2D eigenvalue weighted by atomic mass is 16.5. The van der Waals surface area contributed by atoms with Crippen molar-refractivity contribution < 1.29 is 4.74 Å². The molecular formula is C27H29N9O. The second kappa shape index (κ2) is 10.3. The molecular weight excluding hydrogens is 466 g/mol. The monoisotopic (exact) mass is 495 g/mol. The summed E-state index contributed by atoms with van der Waals surface area (Å²) in [5, 5.41) is 12.2. The highest BCUT2D eigenvalue weighted by molar-refractivity contribution is 5.84. The van der Waals surface area contributed by atoms with Gasteiger partial charge in [0.05, 0.1) is 31.9 Å². The number of imidazole rings is 1. The Hall–Kier alpha value is -4.47. The van der Waals surface area contributed by atoms with Crippen LogP contribution in [0.25, 0.3) is 16.9 Å². The molecule has 10 heteroatoms. The van der Waals surface area contributed by atoms with E-state index in [9.17, 15) is 0 Å². The zero-order valence-electron chi connectivity index (χ0n) is 20.8. The Morgan fingerprint density at radius 3 is 2.54 bits per heavy atom. The Labute approximate surface area is 214 Å². The minimum Gasteiger partial charge on any atom is -0.497 e. The molecule has 0 amide bonds. The molecule has 0 radical (unpaired) electrons. The van der Waals surface area contributed by atoms with Gasteiger partial charge in [-0.2, -0.15) is 9.97 Å². The van der Waals surface area contributed by atoms with Gasteiger partial charge in [0.1, 0.15) is 11.4 Å². The van der Waals surface area contributed by atoms with Crippen LogP contribution in [-0.2, 0) is 13.1 Å². The summed E-state index contributed by atoms with van der Waals surface area (Å²) in [5.41, 5.74) is 4.44. The number of benzene rings is 2. The first-order valence-corrected chi connectivity index (χ1v) is 12.6. The molecule has 0 bridgehead atoms. The van der Waals surface area contributed by atoms with Gasteiger partial charge in [-0.3, -0.25) is 0 Å². The third-order valence-electron chi connectivity index (χ3n) is 6.60. The van der Waals surface area contributed by atoms with Crippen molar-refractivity contribution >= 4 is 22.9 Å². The predicted octanol–water partition coefficient (Wildman–Crippen LogP) is 4.07. The average molecular weight is 496 g/mol. The zero-order chi connectivity index (χ0) is 25.0. The standard InChI is InChI=1S/C27H29N9O/c1-37-23-12-10-22(11-13-23)36-18-21(32-33-36)17-35-19-29-24-25(28-16-20-8-4-2-5-9-20)30-27(31-26(24)35)34-14-6-3-7-15-34/h2,4-5,8-13,18-19H,3,6-7,14-17H2,1H3,(H,28,30,31). The number of ether oxygens (including phenoxy) is 1. The molecule has 1 aliphatic heterocycles. The number of hydrogen-bond donors (Lipinski definition) is 1. The molecule has 1 N–H and O–H groups in total. The third kappa shape index (κ3) is 4.95. The minimum atomic E-state index is 0.501. The van der Waals surface area contributed by atoms with Crippen molar-refractivity contribution in [2.24, 2.45) is 0 Å². The number of nitrogens with one attached hydrogen (secondary N) is 1. The quantitative estimate of drug-likeness (QED) is 0.344. The Balaban J connectivity index is 1.30. The molecule has 4 heterocycles. The van der Waals surface area contributed by atoms with Gasteiger partial charge in [0, 0.05) is 19.6 Å². The second-order valence-electron chi connectivity index (χ2n) is 9.16. The fourth-order valence-electron chi connectivity index (χ4n) is 4.60. The predicted molar refractivity (Wildman–Crippen MR) is 142 cm³/mol. The second-order valence-corrected chi connectivity index (χ2v) is 9.16. The van der Waals surface area contributed by atoms with E-state index in [4.69, 9.17) is 14.7 Å². The Bertz CT molecular complexity index is 1470. The van der Waals surface area contributed by atoms with Gasteiger partial charge >= 0.3 is 0 Å². The van der Waals surface area contributed by atoms with Crippen molar-refractivity contribution in [2.75, 3.05) is 30.4 Å². The molecule has 10 nitrogen and oxygen atoms in total. The maximum absolute atomic E-state index is 5.25. The van der Waals surface area contributed by atoms with E-state index in [-0.39, 0.29) is 0 Å². The summed E-state index contributed by atoms with van der Waals surface area (Å²) in [6.45, 7) is 3.10. The normalized spacial score (nSPS) is 13.7. The molecule has 0 aliphatic carbocycles. The molecule has 6 rings (SSSR count). The van der Waals surface area contributed by atoms with Crippen molar-refractivity contribution in [2.45, 2.75) is 32.4 Å². The SMILES string of the molecule is COc1ccc(-n2cc(Cn3cnc4c(NCc5ccccc5)nc(N5CCCCC5)nc43)nn2)cc1. The van der Waals surface area contributed by atoms with Crippen LogP contribution in [0.4, 0.5) is 11.8 Å².